The number of fused-ring (bicyclic) bond motifs is 1. The second-order valence-corrected chi connectivity index (χ2v) is 6.92. The van der Waals surface area contributed by atoms with Crippen LogP contribution in [0.3, 0.4) is 0 Å². The molecule has 19 heavy (non-hydrogen) atoms. The Hall–Kier alpha value is -0.720. The predicted octanol–water partition coefficient (Wildman–Crippen LogP) is 3.27. The molecule has 0 saturated carbocycles. The first-order valence-corrected chi connectivity index (χ1v) is 8.27. The zero-order chi connectivity index (χ0) is 13.1. The van der Waals surface area contributed by atoms with Gasteiger partial charge in [0.05, 0.1) is 4.58 Å². The van der Waals surface area contributed by atoms with Gasteiger partial charge in [-0.05, 0) is 30.1 Å². The first kappa shape index (κ1) is 13.3. The Morgan fingerprint density at radius 2 is 2.11 bits per heavy atom. The van der Waals surface area contributed by atoms with Gasteiger partial charge in [-0.15, -0.1) is 23.5 Å². The molecule has 0 aliphatic carbocycles. The molecule has 1 saturated heterocycles. The molecule has 3 rings (SSSR count). The highest BCUT2D eigenvalue weighted by atomic mass is 32.2. The van der Waals surface area contributed by atoms with Crippen molar-refractivity contribution in [2.45, 2.75) is 11.0 Å². The van der Waals surface area contributed by atoms with Crippen LogP contribution in [0.1, 0.15) is 16.6 Å². The highest BCUT2D eigenvalue weighted by molar-refractivity contribution is 8.16. The molecule has 0 atom stereocenters. The molecule has 0 N–H and O–H groups in total. The second-order valence-electron chi connectivity index (χ2n) is 4.20. The van der Waals surface area contributed by atoms with Gasteiger partial charge in [0.25, 0.3) is 0 Å². The maximum absolute atomic E-state index is 5.73. The van der Waals surface area contributed by atoms with Gasteiger partial charge in [-0.2, -0.15) is 0 Å². The van der Waals surface area contributed by atoms with Crippen LogP contribution in [-0.2, 0) is 4.74 Å². The van der Waals surface area contributed by atoms with Crippen LogP contribution in [-0.4, -0.2) is 32.2 Å². The Morgan fingerprint density at radius 3 is 2.89 bits per heavy atom. The predicted molar refractivity (Wildman–Crippen MR) is 77.3 cm³/mol. The average molecular weight is 300 g/mol. The maximum atomic E-state index is 5.73. The fraction of sp³-hybridized carbons (Fsp3) is 0.538. The number of rotatable bonds is 4. The standard InChI is InChI=1S/C13H16O4S2/c1-14-7-16-11-9(13-18-5-2-6-19-13)3-4-10-12(11)17-8-15-10/h3-4,13H,2,5-8H2,1H3. The number of thioether (sulfide) groups is 2. The van der Waals surface area contributed by atoms with E-state index < -0.39 is 0 Å². The van der Waals surface area contributed by atoms with Crippen LogP contribution >= 0.6 is 23.5 Å². The van der Waals surface area contributed by atoms with Crippen LogP contribution in [0.5, 0.6) is 17.2 Å². The summed E-state index contributed by atoms with van der Waals surface area (Å²) in [4.78, 5) is 0. The normalized spacial score (nSPS) is 18.6. The van der Waals surface area contributed by atoms with Crippen LogP contribution in [0.25, 0.3) is 0 Å². The van der Waals surface area contributed by atoms with Crippen molar-refractivity contribution in [3.63, 3.8) is 0 Å². The smallest absolute Gasteiger partial charge is 0.231 e. The van der Waals surface area contributed by atoms with Gasteiger partial charge in [0.2, 0.25) is 12.5 Å². The van der Waals surface area contributed by atoms with Crippen molar-refractivity contribution >= 4 is 23.5 Å². The van der Waals surface area contributed by atoms with Gasteiger partial charge in [0.15, 0.2) is 18.3 Å². The van der Waals surface area contributed by atoms with E-state index in [2.05, 4.69) is 6.07 Å². The molecule has 1 aromatic rings. The van der Waals surface area contributed by atoms with E-state index in [-0.39, 0.29) is 13.6 Å². The van der Waals surface area contributed by atoms with E-state index in [0.717, 1.165) is 17.1 Å². The summed E-state index contributed by atoms with van der Waals surface area (Å²) in [6, 6.07) is 4.04. The number of methoxy groups -OCH3 is 1. The highest BCUT2D eigenvalue weighted by Gasteiger charge is 2.27. The molecule has 0 spiro atoms. The Bertz CT molecular complexity index is 447. The summed E-state index contributed by atoms with van der Waals surface area (Å²) in [6.45, 7) is 0.474. The van der Waals surface area contributed by atoms with E-state index in [1.807, 2.05) is 29.6 Å². The molecule has 4 nitrogen and oxygen atoms in total. The number of hydrogen-bond acceptors (Lipinski definition) is 6. The van der Waals surface area contributed by atoms with Gasteiger partial charge in [-0.25, -0.2) is 0 Å². The minimum Gasteiger partial charge on any atom is -0.463 e. The SMILES string of the molecule is COCOc1c(C2SCCCS2)ccc2c1OCO2. The summed E-state index contributed by atoms with van der Waals surface area (Å²) in [5, 5.41) is 0. The van der Waals surface area contributed by atoms with Crippen LogP contribution in [0.2, 0.25) is 0 Å². The number of benzene rings is 1. The largest absolute Gasteiger partial charge is 0.463 e. The molecular formula is C13H16O4S2. The van der Waals surface area contributed by atoms with Gasteiger partial charge in [0, 0.05) is 12.7 Å². The third-order valence-electron chi connectivity index (χ3n) is 2.93. The van der Waals surface area contributed by atoms with Crippen LogP contribution in [0, 0.1) is 0 Å². The summed E-state index contributed by atoms with van der Waals surface area (Å²) in [6.07, 6.45) is 1.27. The lowest BCUT2D eigenvalue weighted by Crippen LogP contribution is -2.06. The monoisotopic (exact) mass is 300 g/mol. The fourth-order valence-corrected chi connectivity index (χ4v) is 5.01. The number of ether oxygens (including phenoxy) is 4. The van der Waals surface area contributed by atoms with Crippen LogP contribution < -0.4 is 14.2 Å². The Kier molecular flexibility index (Phi) is 4.30. The molecule has 2 aliphatic heterocycles. The van der Waals surface area contributed by atoms with E-state index in [1.54, 1.807) is 7.11 Å². The van der Waals surface area contributed by atoms with Gasteiger partial charge in [0.1, 0.15) is 0 Å². The van der Waals surface area contributed by atoms with Crippen LogP contribution in [0.4, 0.5) is 0 Å². The Morgan fingerprint density at radius 1 is 1.26 bits per heavy atom. The van der Waals surface area contributed by atoms with E-state index in [4.69, 9.17) is 18.9 Å². The zero-order valence-corrected chi connectivity index (χ0v) is 12.4. The molecule has 0 unspecified atom stereocenters. The fourth-order valence-electron chi connectivity index (χ4n) is 2.08. The molecule has 1 aromatic carbocycles. The topological polar surface area (TPSA) is 36.9 Å². The molecule has 0 aromatic heterocycles. The van der Waals surface area contributed by atoms with E-state index in [0.29, 0.717) is 10.3 Å². The molecule has 2 aliphatic rings. The van der Waals surface area contributed by atoms with Crippen LogP contribution in [0.15, 0.2) is 12.1 Å². The van der Waals surface area contributed by atoms with E-state index in [9.17, 15) is 0 Å². The van der Waals surface area contributed by atoms with Crippen molar-refractivity contribution in [1.82, 2.24) is 0 Å². The number of hydrogen-bond donors (Lipinski definition) is 0. The summed E-state index contributed by atoms with van der Waals surface area (Å²) >= 11 is 3.91. The quantitative estimate of drug-likeness (QED) is 0.794. The minimum absolute atomic E-state index is 0.217. The third-order valence-corrected chi connectivity index (χ3v) is 5.90. The molecule has 0 bridgehead atoms. The van der Waals surface area contributed by atoms with Gasteiger partial charge < -0.3 is 18.9 Å². The van der Waals surface area contributed by atoms with E-state index in [1.165, 1.54) is 17.9 Å². The van der Waals surface area contributed by atoms with Crippen molar-refractivity contribution in [2.75, 3.05) is 32.2 Å². The molecular weight excluding hydrogens is 284 g/mol. The van der Waals surface area contributed by atoms with Crippen molar-refractivity contribution in [2.24, 2.45) is 0 Å². The first-order chi connectivity index (χ1) is 9.40. The molecule has 0 radical (unpaired) electrons. The minimum atomic E-state index is 0.217. The molecule has 0 amide bonds. The lowest BCUT2D eigenvalue weighted by molar-refractivity contribution is 0.0480. The van der Waals surface area contributed by atoms with Gasteiger partial charge in [-0.3, -0.25) is 0 Å². The summed E-state index contributed by atoms with van der Waals surface area (Å²) < 4.78 is 22.1. The molecule has 1 fully saturated rings. The summed E-state index contributed by atoms with van der Waals surface area (Å²) in [7, 11) is 1.62. The summed E-state index contributed by atoms with van der Waals surface area (Å²) in [5.74, 6) is 4.61. The zero-order valence-electron chi connectivity index (χ0n) is 10.7. The second kappa shape index (κ2) is 6.15. The molecule has 6 heteroatoms. The van der Waals surface area contributed by atoms with Crippen molar-refractivity contribution < 1.29 is 18.9 Å². The van der Waals surface area contributed by atoms with E-state index >= 15 is 0 Å². The summed E-state index contributed by atoms with van der Waals surface area (Å²) in [5.41, 5.74) is 1.16. The molecule has 104 valence electrons. The lowest BCUT2D eigenvalue weighted by atomic mass is 10.2. The van der Waals surface area contributed by atoms with Crippen molar-refractivity contribution in [3.05, 3.63) is 17.7 Å². The van der Waals surface area contributed by atoms with Gasteiger partial charge >= 0.3 is 0 Å². The Balaban J connectivity index is 1.93. The lowest BCUT2D eigenvalue weighted by Gasteiger charge is -2.23. The Labute approximate surface area is 121 Å². The van der Waals surface area contributed by atoms with Crippen molar-refractivity contribution in [1.29, 1.82) is 0 Å². The third kappa shape index (κ3) is 2.75. The maximum Gasteiger partial charge on any atom is 0.231 e. The van der Waals surface area contributed by atoms with Gasteiger partial charge in [-0.1, -0.05) is 0 Å². The molecule has 2 heterocycles. The highest BCUT2D eigenvalue weighted by Crippen LogP contribution is 2.52. The first-order valence-electron chi connectivity index (χ1n) is 6.17. The van der Waals surface area contributed by atoms with Crippen molar-refractivity contribution in [3.8, 4) is 17.2 Å². The average Bonchev–Trinajstić information content (AvgIpc) is 2.94.